The first-order valence-corrected chi connectivity index (χ1v) is 6.68. The lowest BCUT2D eigenvalue weighted by Crippen LogP contribution is -2.25. The van der Waals surface area contributed by atoms with Gasteiger partial charge < -0.3 is 9.73 Å². The van der Waals surface area contributed by atoms with E-state index in [1.165, 1.54) is 12.0 Å². The third-order valence-corrected chi connectivity index (χ3v) is 2.89. The summed E-state index contributed by atoms with van der Waals surface area (Å²) in [5, 5.41) is 3.43. The second kappa shape index (κ2) is 7.51. The van der Waals surface area contributed by atoms with E-state index in [4.69, 9.17) is 4.42 Å². The first kappa shape index (κ1) is 14.3. The molecule has 1 rings (SSSR count). The normalized spacial score (nSPS) is 11.6. The van der Waals surface area contributed by atoms with E-state index in [2.05, 4.69) is 44.0 Å². The summed E-state index contributed by atoms with van der Waals surface area (Å²) in [6.07, 6.45) is 2.99. The molecule has 3 heteroatoms. The Hall–Kier alpha value is -0.800. The van der Waals surface area contributed by atoms with Gasteiger partial charge in [0.05, 0.1) is 12.8 Å². The molecule has 3 nitrogen and oxygen atoms in total. The van der Waals surface area contributed by atoms with Crippen LogP contribution >= 0.6 is 0 Å². The Morgan fingerprint density at radius 3 is 2.71 bits per heavy atom. The van der Waals surface area contributed by atoms with Crippen molar-refractivity contribution in [3.05, 3.63) is 23.7 Å². The highest BCUT2D eigenvalue weighted by molar-refractivity contribution is 5.16. The Morgan fingerprint density at radius 2 is 2.12 bits per heavy atom. The van der Waals surface area contributed by atoms with Crippen LogP contribution in [0.25, 0.3) is 0 Å². The summed E-state index contributed by atoms with van der Waals surface area (Å²) in [5.74, 6) is 1.11. The van der Waals surface area contributed by atoms with Crippen molar-refractivity contribution in [1.29, 1.82) is 0 Å². The summed E-state index contributed by atoms with van der Waals surface area (Å²) in [6, 6.07) is 2.58. The number of nitrogens with zero attached hydrogens (tertiary/aromatic N) is 1. The highest BCUT2D eigenvalue weighted by Crippen LogP contribution is 2.13. The Bertz CT molecular complexity index is 307. The van der Waals surface area contributed by atoms with Gasteiger partial charge in [-0.05, 0) is 25.6 Å². The van der Waals surface area contributed by atoms with E-state index in [-0.39, 0.29) is 0 Å². The smallest absolute Gasteiger partial charge is 0.122 e. The van der Waals surface area contributed by atoms with Gasteiger partial charge in [0.25, 0.3) is 0 Å². The molecule has 0 radical (unpaired) electrons. The quantitative estimate of drug-likeness (QED) is 0.754. The van der Waals surface area contributed by atoms with Gasteiger partial charge in [-0.2, -0.15) is 0 Å². The van der Waals surface area contributed by atoms with Crippen molar-refractivity contribution < 1.29 is 4.42 Å². The molecule has 1 heterocycles. The Labute approximate surface area is 105 Å². The van der Waals surface area contributed by atoms with Gasteiger partial charge in [-0.1, -0.05) is 27.7 Å². The number of hydrogen-bond acceptors (Lipinski definition) is 3. The minimum atomic E-state index is 0.510. The molecule has 0 aromatic carbocycles. The number of furan rings is 1. The van der Waals surface area contributed by atoms with Crippen LogP contribution in [0.2, 0.25) is 0 Å². The van der Waals surface area contributed by atoms with E-state index < -0.39 is 0 Å². The summed E-state index contributed by atoms with van der Waals surface area (Å²) in [5.41, 5.74) is 1.29. The second-order valence-electron chi connectivity index (χ2n) is 4.77. The molecule has 0 aliphatic rings. The van der Waals surface area contributed by atoms with Crippen LogP contribution in [-0.2, 0) is 13.1 Å². The zero-order valence-corrected chi connectivity index (χ0v) is 11.6. The molecule has 0 amide bonds. The number of hydrogen-bond donors (Lipinski definition) is 1. The molecule has 1 aromatic rings. The van der Waals surface area contributed by atoms with Gasteiger partial charge >= 0.3 is 0 Å². The molecule has 17 heavy (non-hydrogen) atoms. The zero-order valence-electron chi connectivity index (χ0n) is 11.6. The lowest BCUT2D eigenvalue weighted by atomic mass is 10.2. The molecule has 1 aromatic heterocycles. The lowest BCUT2D eigenvalue weighted by molar-refractivity contribution is 0.254. The Morgan fingerprint density at radius 1 is 1.35 bits per heavy atom. The predicted octanol–water partition coefficient (Wildman–Crippen LogP) is 3.01. The largest absolute Gasteiger partial charge is 0.468 e. The van der Waals surface area contributed by atoms with Crippen LogP contribution in [0, 0.1) is 0 Å². The lowest BCUT2D eigenvalue weighted by Gasteiger charge is -2.19. The maximum absolute atomic E-state index is 5.59. The molecule has 0 saturated carbocycles. The van der Waals surface area contributed by atoms with Crippen LogP contribution in [0.15, 0.2) is 16.7 Å². The minimum Gasteiger partial charge on any atom is -0.468 e. The third kappa shape index (κ3) is 4.92. The van der Waals surface area contributed by atoms with Gasteiger partial charge in [0.15, 0.2) is 0 Å². The van der Waals surface area contributed by atoms with Crippen LogP contribution in [0.5, 0.6) is 0 Å². The van der Waals surface area contributed by atoms with Crippen molar-refractivity contribution in [2.24, 2.45) is 0 Å². The van der Waals surface area contributed by atoms with Gasteiger partial charge in [0.2, 0.25) is 0 Å². The van der Waals surface area contributed by atoms with Gasteiger partial charge in [-0.25, -0.2) is 0 Å². The van der Waals surface area contributed by atoms with E-state index >= 15 is 0 Å². The molecule has 0 aliphatic heterocycles. The molecular formula is C14H26N2O. The van der Waals surface area contributed by atoms with Gasteiger partial charge in [-0.3, -0.25) is 4.90 Å². The van der Waals surface area contributed by atoms with Gasteiger partial charge in [0.1, 0.15) is 5.76 Å². The molecular weight excluding hydrogens is 212 g/mol. The highest BCUT2D eigenvalue weighted by atomic mass is 16.3. The molecule has 1 N–H and O–H groups in total. The fourth-order valence-electron chi connectivity index (χ4n) is 1.85. The topological polar surface area (TPSA) is 28.4 Å². The molecule has 0 saturated heterocycles. The third-order valence-electron chi connectivity index (χ3n) is 2.89. The maximum Gasteiger partial charge on any atom is 0.122 e. The molecule has 98 valence electrons. The van der Waals surface area contributed by atoms with Gasteiger partial charge in [0, 0.05) is 18.2 Å². The SMILES string of the molecule is CCCN(CC)Cc1occc1CNC(C)C. The predicted molar refractivity (Wildman–Crippen MR) is 71.9 cm³/mol. The van der Waals surface area contributed by atoms with E-state index in [0.717, 1.165) is 31.9 Å². The molecule has 0 unspecified atom stereocenters. The molecule has 0 fully saturated rings. The molecule has 0 bridgehead atoms. The first-order chi connectivity index (χ1) is 8.17. The van der Waals surface area contributed by atoms with Crippen molar-refractivity contribution in [2.45, 2.75) is 53.2 Å². The van der Waals surface area contributed by atoms with Crippen LogP contribution in [-0.4, -0.2) is 24.0 Å². The van der Waals surface area contributed by atoms with Crippen LogP contribution < -0.4 is 5.32 Å². The fraction of sp³-hybridized carbons (Fsp3) is 0.714. The summed E-state index contributed by atoms with van der Waals surface area (Å²) < 4.78 is 5.59. The van der Waals surface area contributed by atoms with E-state index in [1.807, 2.05) is 0 Å². The van der Waals surface area contributed by atoms with Crippen molar-refractivity contribution in [1.82, 2.24) is 10.2 Å². The molecule has 0 atom stereocenters. The van der Waals surface area contributed by atoms with Crippen molar-refractivity contribution >= 4 is 0 Å². The number of rotatable bonds is 8. The highest BCUT2D eigenvalue weighted by Gasteiger charge is 2.10. The van der Waals surface area contributed by atoms with E-state index in [1.54, 1.807) is 6.26 Å². The van der Waals surface area contributed by atoms with Crippen LogP contribution in [0.1, 0.15) is 45.4 Å². The van der Waals surface area contributed by atoms with Crippen molar-refractivity contribution in [2.75, 3.05) is 13.1 Å². The van der Waals surface area contributed by atoms with E-state index in [9.17, 15) is 0 Å². The van der Waals surface area contributed by atoms with Crippen LogP contribution in [0.3, 0.4) is 0 Å². The average Bonchev–Trinajstić information content (AvgIpc) is 2.73. The minimum absolute atomic E-state index is 0.510. The Balaban J connectivity index is 2.55. The molecule has 0 spiro atoms. The maximum atomic E-state index is 5.59. The zero-order chi connectivity index (χ0) is 12.7. The molecule has 0 aliphatic carbocycles. The standard InChI is InChI=1S/C14H26N2O/c1-5-8-16(6-2)11-14-13(7-9-17-14)10-15-12(3)4/h7,9,12,15H,5-6,8,10-11H2,1-4H3. The average molecular weight is 238 g/mol. The van der Waals surface area contributed by atoms with E-state index in [0.29, 0.717) is 6.04 Å². The Kier molecular flexibility index (Phi) is 6.30. The summed E-state index contributed by atoms with van der Waals surface area (Å²) >= 11 is 0. The summed E-state index contributed by atoms with van der Waals surface area (Å²) in [4.78, 5) is 2.41. The van der Waals surface area contributed by atoms with Gasteiger partial charge in [-0.15, -0.1) is 0 Å². The van der Waals surface area contributed by atoms with Crippen LogP contribution in [0.4, 0.5) is 0 Å². The monoisotopic (exact) mass is 238 g/mol. The summed E-state index contributed by atoms with van der Waals surface area (Å²) in [7, 11) is 0. The van der Waals surface area contributed by atoms with Crippen molar-refractivity contribution in [3.8, 4) is 0 Å². The fourth-order valence-corrected chi connectivity index (χ4v) is 1.85. The second-order valence-corrected chi connectivity index (χ2v) is 4.77. The first-order valence-electron chi connectivity index (χ1n) is 6.68. The number of nitrogens with one attached hydrogen (secondary N) is 1. The van der Waals surface area contributed by atoms with Crippen molar-refractivity contribution in [3.63, 3.8) is 0 Å². The summed E-state index contributed by atoms with van der Waals surface area (Å²) in [6.45, 7) is 12.8.